The van der Waals surface area contributed by atoms with E-state index in [4.69, 9.17) is 0 Å². The number of aromatic nitrogens is 6. The van der Waals surface area contributed by atoms with Crippen molar-refractivity contribution in [3.8, 4) is 89.8 Å². The van der Waals surface area contributed by atoms with Crippen LogP contribution in [0.25, 0.3) is 138 Å². The minimum Gasteiger partial charge on any atom is -0.333 e. The van der Waals surface area contributed by atoms with Gasteiger partial charge in [0.15, 0.2) is 0 Å². The zero-order valence-electron chi connectivity index (χ0n) is 47.2. The summed E-state index contributed by atoms with van der Waals surface area (Å²) in [6.45, 7) is 0. The summed E-state index contributed by atoms with van der Waals surface area (Å²) in [6.07, 6.45) is 27.9. The monoisotopic (exact) mass is 1480 g/mol. The van der Waals surface area contributed by atoms with E-state index in [-0.39, 0.29) is 40.2 Å². The van der Waals surface area contributed by atoms with Crippen molar-refractivity contribution in [2.75, 3.05) is 0 Å². The SMILES string of the molecule is [Ir+3].[Ir+3].[c-]1cc(-c2c(-c3cc(/C=C\c4c[c-]c(-c5ccccn5)cc4)cc(/C=C\c4c[c-]c(-c5ccccn5)cc4)c3)cccc2-c2cc(/C=C\c3c[c-]c(-c4ccccn4)cc3)cc(/C=C\c3c[c-]c(-c4ccccn4)cc3)c2)c[c-]c1-c1ncccn1. The Kier molecular flexibility index (Phi) is 19.4. The van der Waals surface area contributed by atoms with Crippen molar-refractivity contribution in [1.29, 1.82) is 0 Å². The van der Waals surface area contributed by atoms with Gasteiger partial charge in [-0.3, -0.25) is 12.1 Å². The van der Waals surface area contributed by atoms with Crippen LogP contribution in [0.4, 0.5) is 0 Å². The fourth-order valence-electron chi connectivity index (χ4n) is 10.1. The molecule has 0 saturated heterocycles. The molecule has 0 bridgehead atoms. The molecular formula is C80H50Ir2N6. The largest absolute Gasteiger partial charge is 3.00 e. The van der Waals surface area contributed by atoms with Gasteiger partial charge in [-0.2, -0.15) is 5.56 Å². The topological polar surface area (TPSA) is 77.3 Å². The second-order valence-corrected chi connectivity index (χ2v) is 20.3. The van der Waals surface area contributed by atoms with Crippen molar-refractivity contribution >= 4 is 48.6 Å². The van der Waals surface area contributed by atoms with Gasteiger partial charge in [-0.1, -0.05) is 121 Å². The predicted molar refractivity (Wildman–Crippen MR) is 351 cm³/mol. The molecule has 0 N–H and O–H groups in total. The number of hydrogen-bond acceptors (Lipinski definition) is 6. The fourth-order valence-corrected chi connectivity index (χ4v) is 10.1. The van der Waals surface area contributed by atoms with E-state index in [0.717, 1.165) is 123 Å². The fraction of sp³-hybridized carbons (Fsp3) is 0. The first-order valence-corrected chi connectivity index (χ1v) is 28.2. The second kappa shape index (κ2) is 28.7. The van der Waals surface area contributed by atoms with Crippen LogP contribution >= 0.6 is 0 Å². The Morgan fingerprint density at radius 2 is 0.568 bits per heavy atom. The molecule has 0 unspecified atom stereocenters. The van der Waals surface area contributed by atoms with E-state index in [1.165, 1.54) is 0 Å². The van der Waals surface area contributed by atoms with Crippen molar-refractivity contribution < 1.29 is 40.2 Å². The number of nitrogens with zero attached hydrogens (tertiary/aromatic N) is 6. The average molecular weight is 1480 g/mol. The molecule has 0 fully saturated rings. The summed E-state index contributed by atoms with van der Waals surface area (Å²) in [5, 5.41) is 0. The van der Waals surface area contributed by atoms with E-state index in [1.54, 1.807) is 37.2 Å². The third-order valence-electron chi connectivity index (χ3n) is 14.4. The second-order valence-electron chi connectivity index (χ2n) is 20.3. The molecule has 13 rings (SSSR count). The average Bonchev–Trinajstić information content (AvgIpc) is 2.07. The van der Waals surface area contributed by atoms with Crippen molar-refractivity contribution in [2.24, 2.45) is 0 Å². The Morgan fingerprint density at radius 3 is 0.864 bits per heavy atom. The summed E-state index contributed by atoms with van der Waals surface area (Å²) in [6, 6.07) is 95.1. The van der Waals surface area contributed by atoms with Gasteiger partial charge in [0.2, 0.25) is 0 Å². The molecule has 13 aromatic rings. The van der Waals surface area contributed by atoms with Crippen molar-refractivity contribution in [2.45, 2.75) is 0 Å². The summed E-state index contributed by atoms with van der Waals surface area (Å²) in [5.41, 5.74) is 22.2. The molecular weight excluding hydrogens is 1430 g/mol. The van der Waals surface area contributed by atoms with E-state index in [1.807, 2.05) is 115 Å². The molecule has 8 aromatic carbocycles. The molecule has 6 nitrogen and oxygen atoms in total. The Balaban J connectivity index is 0.00000400. The number of pyridine rings is 4. The van der Waals surface area contributed by atoms with Crippen LogP contribution in [0.15, 0.2) is 256 Å². The van der Waals surface area contributed by atoms with Crippen LogP contribution in [-0.2, 0) is 40.2 Å². The first-order chi connectivity index (χ1) is 42.6. The van der Waals surface area contributed by atoms with Crippen LogP contribution in [0.1, 0.15) is 44.5 Å². The summed E-state index contributed by atoms with van der Waals surface area (Å²) in [7, 11) is 0. The molecule has 0 atom stereocenters. The van der Waals surface area contributed by atoms with Gasteiger partial charge in [-0.05, 0) is 140 Å². The zero-order chi connectivity index (χ0) is 57.7. The maximum Gasteiger partial charge on any atom is 3.00 e. The predicted octanol–water partition coefficient (Wildman–Crippen LogP) is 18.9. The van der Waals surface area contributed by atoms with Crippen LogP contribution in [0.3, 0.4) is 0 Å². The first kappa shape index (κ1) is 59.4. The molecule has 0 radical (unpaired) electrons. The third-order valence-corrected chi connectivity index (χ3v) is 14.4. The van der Waals surface area contributed by atoms with E-state index in [2.05, 4.69) is 218 Å². The molecule has 5 aromatic heterocycles. The zero-order valence-corrected chi connectivity index (χ0v) is 52.0. The molecule has 88 heavy (non-hydrogen) atoms. The van der Waals surface area contributed by atoms with Gasteiger partial charge in [-0.15, -0.1) is 142 Å². The molecule has 0 aliphatic heterocycles. The number of hydrogen-bond donors (Lipinski definition) is 0. The quantitative estimate of drug-likeness (QED) is 0.0709. The molecule has 8 heteroatoms. The van der Waals surface area contributed by atoms with Gasteiger partial charge in [-0.25, -0.2) is 17.7 Å². The Hall–Kier alpha value is -10.3. The van der Waals surface area contributed by atoms with Gasteiger partial charge in [0.05, 0.1) is 0 Å². The van der Waals surface area contributed by atoms with Gasteiger partial charge < -0.3 is 29.9 Å². The first-order valence-electron chi connectivity index (χ1n) is 28.2. The maximum atomic E-state index is 4.54. The van der Waals surface area contributed by atoms with Gasteiger partial charge in [0.25, 0.3) is 0 Å². The number of benzene rings is 8. The normalized spacial score (nSPS) is 11.3. The van der Waals surface area contributed by atoms with Crippen molar-refractivity contribution in [1.82, 2.24) is 29.9 Å². The molecule has 418 valence electrons. The molecule has 0 saturated carbocycles. The van der Waals surface area contributed by atoms with Gasteiger partial charge >= 0.3 is 40.2 Å². The molecule has 5 heterocycles. The standard InChI is InChI=1S/C80H50N6.2Ir/c1-5-45-81-75(13-1)65-33-25-57(26-34-65)17-21-61-51-62(22-18-58-27-35-66(36-28-58)76-14-2-6-46-82-76)54-71(53-61)73-11-9-12-74(79(73)69-41-43-70(44-42-69)80-85-49-10-50-86-80)72-55-63(23-19-59-29-37-67(38-30-59)77-15-3-7-47-83-77)52-64(56-72)24-20-60-31-39-68(40-32-60)78-16-4-8-48-84-78;;/h1-33,35,37,39,41-42,45-56H;;/q-6;2*+3/b21-17-,22-18-,23-19-,24-20-;;. The van der Waals surface area contributed by atoms with Crippen molar-refractivity contribution in [3.63, 3.8) is 0 Å². The van der Waals surface area contributed by atoms with Gasteiger partial charge in [0, 0.05) is 37.2 Å². The number of rotatable bonds is 16. The summed E-state index contributed by atoms with van der Waals surface area (Å²) < 4.78 is 0. The van der Waals surface area contributed by atoms with Crippen LogP contribution in [0.5, 0.6) is 0 Å². The Morgan fingerprint density at radius 1 is 0.250 bits per heavy atom. The third kappa shape index (κ3) is 14.7. The smallest absolute Gasteiger partial charge is 0.333 e. The van der Waals surface area contributed by atoms with Crippen molar-refractivity contribution in [3.05, 3.63) is 336 Å². The van der Waals surface area contributed by atoms with E-state index in [9.17, 15) is 0 Å². The van der Waals surface area contributed by atoms with E-state index >= 15 is 0 Å². The van der Waals surface area contributed by atoms with E-state index < -0.39 is 0 Å². The summed E-state index contributed by atoms with van der Waals surface area (Å²) in [4.78, 5) is 27.2. The Labute approximate surface area is 541 Å². The van der Waals surface area contributed by atoms with Crippen LogP contribution in [0, 0.1) is 36.4 Å². The van der Waals surface area contributed by atoms with Crippen LogP contribution in [-0.4, -0.2) is 29.9 Å². The molecule has 0 spiro atoms. The van der Waals surface area contributed by atoms with Crippen LogP contribution in [0.2, 0.25) is 0 Å². The summed E-state index contributed by atoms with van der Waals surface area (Å²) >= 11 is 0. The summed E-state index contributed by atoms with van der Waals surface area (Å²) in [5.74, 6) is 0.556. The van der Waals surface area contributed by atoms with E-state index in [0.29, 0.717) is 11.4 Å². The minimum atomic E-state index is 0. The molecule has 0 aliphatic rings. The van der Waals surface area contributed by atoms with Crippen LogP contribution < -0.4 is 0 Å². The maximum absolute atomic E-state index is 4.54. The Bertz CT molecular complexity index is 4070. The van der Waals surface area contributed by atoms with Gasteiger partial charge in [0.1, 0.15) is 0 Å². The molecule has 0 amide bonds. The molecule has 0 aliphatic carbocycles. The minimum absolute atomic E-state index is 0.